The van der Waals surface area contributed by atoms with Gasteiger partial charge in [0.1, 0.15) is 0 Å². The average Bonchev–Trinajstić information content (AvgIpc) is 3.04. The highest BCUT2D eigenvalue weighted by molar-refractivity contribution is 6.42. The van der Waals surface area contributed by atoms with E-state index in [1.807, 2.05) is 31.6 Å². The number of likely N-dealkylation sites (N-methyl/N-ethyl adjacent to an activating group) is 1. The lowest BCUT2D eigenvalue weighted by Crippen LogP contribution is -2.16. The number of aromatic nitrogens is 2. The van der Waals surface area contributed by atoms with Crippen LogP contribution in [-0.4, -0.2) is 48.6 Å². The van der Waals surface area contributed by atoms with Crippen molar-refractivity contribution in [1.29, 1.82) is 0 Å². The van der Waals surface area contributed by atoms with Crippen molar-refractivity contribution in [2.24, 2.45) is 0 Å². The standard InChI is InChI=1S/C17H21Cl2N3O2/c1-21(10-12-23-2)8-3-4-11-24-17-7-9-22(20-17)14-5-6-15(18)16(19)13-14/h3,5-9,13H,4,10-12H2,1-2H3. The van der Waals surface area contributed by atoms with Gasteiger partial charge in [-0.3, -0.25) is 0 Å². The third-order valence-electron chi connectivity index (χ3n) is 3.27. The number of hydrogen-bond acceptors (Lipinski definition) is 4. The van der Waals surface area contributed by atoms with Crippen molar-refractivity contribution in [3.8, 4) is 11.6 Å². The van der Waals surface area contributed by atoms with Crippen LogP contribution in [-0.2, 0) is 4.74 Å². The quantitative estimate of drug-likeness (QED) is 0.625. The van der Waals surface area contributed by atoms with Crippen LogP contribution in [0.4, 0.5) is 0 Å². The largest absolute Gasteiger partial charge is 0.476 e. The van der Waals surface area contributed by atoms with Gasteiger partial charge in [0, 0.05) is 39.4 Å². The SMILES string of the molecule is COCCN(C)C=CCCOc1ccn(-c2ccc(Cl)c(Cl)c2)n1. The van der Waals surface area contributed by atoms with Crippen molar-refractivity contribution in [1.82, 2.24) is 14.7 Å². The van der Waals surface area contributed by atoms with Gasteiger partial charge in [-0.2, -0.15) is 0 Å². The molecule has 0 saturated heterocycles. The molecule has 0 fully saturated rings. The third kappa shape index (κ3) is 5.74. The zero-order chi connectivity index (χ0) is 17.4. The minimum absolute atomic E-state index is 0.495. The molecule has 0 radical (unpaired) electrons. The zero-order valence-corrected chi connectivity index (χ0v) is 15.3. The monoisotopic (exact) mass is 369 g/mol. The highest BCUT2D eigenvalue weighted by atomic mass is 35.5. The summed E-state index contributed by atoms with van der Waals surface area (Å²) in [6, 6.07) is 7.17. The number of ether oxygens (including phenoxy) is 2. The summed E-state index contributed by atoms with van der Waals surface area (Å²) < 4.78 is 12.4. The molecule has 0 aliphatic rings. The minimum Gasteiger partial charge on any atom is -0.476 e. The molecule has 0 atom stereocenters. The summed E-state index contributed by atoms with van der Waals surface area (Å²) in [7, 11) is 3.71. The number of nitrogens with zero attached hydrogens (tertiary/aromatic N) is 3. The molecule has 1 aromatic heterocycles. The van der Waals surface area contributed by atoms with Crippen molar-refractivity contribution in [2.75, 3.05) is 33.9 Å². The molecule has 5 nitrogen and oxygen atoms in total. The van der Waals surface area contributed by atoms with Crippen LogP contribution in [0, 0.1) is 0 Å². The second kappa shape index (κ2) is 9.57. The van der Waals surface area contributed by atoms with Gasteiger partial charge >= 0.3 is 0 Å². The lowest BCUT2D eigenvalue weighted by atomic mass is 10.3. The van der Waals surface area contributed by atoms with E-state index in [1.165, 1.54) is 0 Å². The Morgan fingerprint density at radius 3 is 2.79 bits per heavy atom. The minimum atomic E-state index is 0.495. The van der Waals surface area contributed by atoms with Crippen LogP contribution in [0.2, 0.25) is 10.0 Å². The first kappa shape index (κ1) is 18.6. The Bertz CT molecular complexity index is 674. The molecule has 0 unspecified atom stereocenters. The van der Waals surface area contributed by atoms with Crippen LogP contribution in [0.5, 0.6) is 5.88 Å². The first-order chi connectivity index (χ1) is 11.6. The molecule has 130 valence electrons. The molecule has 0 amide bonds. The predicted octanol–water partition coefficient (Wildman–Crippen LogP) is 4.04. The molecule has 2 aromatic rings. The summed E-state index contributed by atoms with van der Waals surface area (Å²) >= 11 is 11.9. The van der Waals surface area contributed by atoms with E-state index in [2.05, 4.69) is 16.1 Å². The molecule has 0 spiro atoms. The molecule has 7 heteroatoms. The van der Waals surface area contributed by atoms with Crippen LogP contribution >= 0.6 is 23.2 Å². The Morgan fingerprint density at radius 2 is 2.04 bits per heavy atom. The van der Waals surface area contributed by atoms with Crippen molar-refractivity contribution in [2.45, 2.75) is 6.42 Å². The number of hydrogen-bond donors (Lipinski definition) is 0. The fourth-order valence-corrected chi connectivity index (χ4v) is 2.24. The molecule has 0 aliphatic carbocycles. The Labute approximate surface area is 152 Å². The van der Waals surface area contributed by atoms with Crippen LogP contribution in [0.1, 0.15) is 6.42 Å². The molecule has 1 aromatic carbocycles. The normalized spacial score (nSPS) is 11.2. The summed E-state index contributed by atoms with van der Waals surface area (Å²) in [4.78, 5) is 2.07. The smallest absolute Gasteiger partial charge is 0.233 e. The van der Waals surface area contributed by atoms with E-state index in [4.69, 9.17) is 32.7 Å². The Morgan fingerprint density at radius 1 is 1.21 bits per heavy atom. The van der Waals surface area contributed by atoms with E-state index in [1.54, 1.807) is 23.9 Å². The van der Waals surface area contributed by atoms with E-state index in [0.29, 0.717) is 29.1 Å². The van der Waals surface area contributed by atoms with Gasteiger partial charge in [-0.05, 0) is 24.4 Å². The van der Waals surface area contributed by atoms with Gasteiger partial charge in [0.25, 0.3) is 0 Å². The Kier molecular flexibility index (Phi) is 7.43. The summed E-state index contributed by atoms with van der Waals surface area (Å²) in [5, 5.41) is 5.38. The maximum Gasteiger partial charge on any atom is 0.233 e. The van der Waals surface area contributed by atoms with Gasteiger partial charge in [-0.25, -0.2) is 4.68 Å². The van der Waals surface area contributed by atoms with Gasteiger partial charge in [0.05, 0.1) is 28.9 Å². The summed E-state index contributed by atoms with van der Waals surface area (Å²) in [5.74, 6) is 0.571. The molecule has 0 aliphatic heterocycles. The number of benzene rings is 1. The maximum absolute atomic E-state index is 6.02. The van der Waals surface area contributed by atoms with Gasteiger partial charge in [0.15, 0.2) is 0 Å². The van der Waals surface area contributed by atoms with Crippen molar-refractivity contribution >= 4 is 23.2 Å². The molecule has 0 saturated carbocycles. The van der Waals surface area contributed by atoms with Crippen LogP contribution < -0.4 is 4.74 Å². The number of methoxy groups -OCH3 is 1. The lowest BCUT2D eigenvalue weighted by Gasteiger charge is -2.12. The predicted molar refractivity (Wildman–Crippen MR) is 97.3 cm³/mol. The molecule has 2 rings (SSSR count). The fraction of sp³-hybridized carbons (Fsp3) is 0.353. The summed E-state index contributed by atoms with van der Waals surface area (Å²) in [5.41, 5.74) is 0.832. The fourth-order valence-electron chi connectivity index (χ4n) is 1.95. The third-order valence-corrected chi connectivity index (χ3v) is 4.01. The lowest BCUT2D eigenvalue weighted by molar-refractivity contribution is 0.177. The van der Waals surface area contributed by atoms with Crippen LogP contribution in [0.3, 0.4) is 0 Å². The van der Waals surface area contributed by atoms with E-state index in [-0.39, 0.29) is 0 Å². The van der Waals surface area contributed by atoms with E-state index in [0.717, 1.165) is 18.7 Å². The van der Waals surface area contributed by atoms with Crippen molar-refractivity contribution < 1.29 is 9.47 Å². The van der Waals surface area contributed by atoms with Crippen molar-refractivity contribution in [3.63, 3.8) is 0 Å². The zero-order valence-electron chi connectivity index (χ0n) is 13.8. The van der Waals surface area contributed by atoms with Gasteiger partial charge < -0.3 is 14.4 Å². The molecular formula is C17H21Cl2N3O2. The molecule has 1 heterocycles. The molecule has 0 bridgehead atoms. The Balaban J connectivity index is 1.79. The molecule has 0 N–H and O–H groups in total. The van der Waals surface area contributed by atoms with Crippen LogP contribution in [0.15, 0.2) is 42.7 Å². The van der Waals surface area contributed by atoms with E-state index >= 15 is 0 Å². The summed E-state index contributed by atoms with van der Waals surface area (Å²) in [6.45, 7) is 2.14. The van der Waals surface area contributed by atoms with Gasteiger partial charge in [-0.15, -0.1) is 5.10 Å². The summed E-state index contributed by atoms with van der Waals surface area (Å²) in [6.07, 6.45) is 6.71. The second-order valence-electron chi connectivity index (χ2n) is 5.19. The van der Waals surface area contributed by atoms with E-state index < -0.39 is 0 Å². The first-order valence-electron chi connectivity index (χ1n) is 7.60. The van der Waals surface area contributed by atoms with Crippen LogP contribution in [0.25, 0.3) is 5.69 Å². The van der Waals surface area contributed by atoms with E-state index in [9.17, 15) is 0 Å². The van der Waals surface area contributed by atoms with Gasteiger partial charge in [0.2, 0.25) is 5.88 Å². The second-order valence-corrected chi connectivity index (χ2v) is 6.01. The maximum atomic E-state index is 6.02. The first-order valence-corrected chi connectivity index (χ1v) is 8.35. The average molecular weight is 370 g/mol. The highest BCUT2D eigenvalue weighted by Crippen LogP contribution is 2.24. The van der Waals surface area contributed by atoms with Gasteiger partial charge in [-0.1, -0.05) is 29.3 Å². The molecule has 24 heavy (non-hydrogen) atoms. The molecular weight excluding hydrogens is 349 g/mol. The highest BCUT2D eigenvalue weighted by Gasteiger charge is 2.04. The Hall–Kier alpha value is -1.69. The van der Waals surface area contributed by atoms with Crippen molar-refractivity contribution in [3.05, 3.63) is 52.8 Å². The number of halogens is 2. The number of rotatable bonds is 9. The topological polar surface area (TPSA) is 39.5 Å².